The first-order chi connectivity index (χ1) is 8.72. The summed E-state index contributed by atoms with van der Waals surface area (Å²) in [5.74, 6) is 0. The third-order valence-electron chi connectivity index (χ3n) is 4.35. The largest absolute Gasteiger partial charge is 0.378 e. The Kier molecular flexibility index (Phi) is 7.20. The first-order valence-electron chi connectivity index (χ1n) is 7.79. The van der Waals surface area contributed by atoms with Gasteiger partial charge in [0.1, 0.15) is 0 Å². The Morgan fingerprint density at radius 3 is 2.61 bits per heavy atom. The minimum Gasteiger partial charge on any atom is -0.378 e. The molecule has 108 valence electrons. The van der Waals surface area contributed by atoms with Gasteiger partial charge >= 0.3 is 0 Å². The lowest BCUT2D eigenvalue weighted by Gasteiger charge is -2.48. The van der Waals surface area contributed by atoms with Crippen LogP contribution in [0.1, 0.15) is 59.3 Å². The number of unbranched alkanes of at least 4 members (excludes halogenated alkanes) is 1. The van der Waals surface area contributed by atoms with Crippen LogP contribution in [-0.2, 0) is 4.74 Å². The molecule has 3 heteroatoms. The van der Waals surface area contributed by atoms with E-state index >= 15 is 0 Å². The van der Waals surface area contributed by atoms with Gasteiger partial charge in [-0.2, -0.15) is 0 Å². The van der Waals surface area contributed by atoms with Crippen LogP contribution in [0.4, 0.5) is 0 Å². The van der Waals surface area contributed by atoms with E-state index in [4.69, 9.17) is 10.5 Å². The Labute approximate surface area is 113 Å². The highest BCUT2D eigenvalue weighted by Gasteiger charge is 2.39. The van der Waals surface area contributed by atoms with Crippen molar-refractivity contribution in [2.75, 3.05) is 26.2 Å². The van der Waals surface area contributed by atoms with Crippen LogP contribution in [0.2, 0.25) is 0 Å². The average Bonchev–Trinajstić information content (AvgIpc) is 2.40. The standard InChI is InChI=1S/C15H32N2O/c1-4-7-10-17(6-3)15(13-16)9-11-18-14(12-15)8-5-2/h14H,4-13,16H2,1-3H3. The summed E-state index contributed by atoms with van der Waals surface area (Å²) in [6, 6.07) is 0. The molecule has 3 nitrogen and oxygen atoms in total. The lowest BCUT2D eigenvalue weighted by Crippen LogP contribution is -2.58. The van der Waals surface area contributed by atoms with Crippen LogP contribution in [0.25, 0.3) is 0 Å². The molecule has 0 aromatic heterocycles. The predicted molar refractivity (Wildman–Crippen MR) is 77.8 cm³/mol. The minimum atomic E-state index is 0.196. The first kappa shape index (κ1) is 15.9. The zero-order chi connectivity index (χ0) is 13.4. The topological polar surface area (TPSA) is 38.5 Å². The van der Waals surface area contributed by atoms with Gasteiger partial charge in [-0.15, -0.1) is 0 Å². The Bertz CT molecular complexity index is 221. The fraction of sp³-hybridized carbons (Fsp3) is 1.00. The molecule has 0 amide bonds. The second-order valence-corrected chi connectivity index (χ2v) is 5.60. The van der Waals surface area contributed by atoms with Crippen LogP contribution in [-0.4, -0.2) is 42.8 Å². The van der Waals surface area contributed by atoms with Gasteiger partial charge in [0, 0.05) is 18.7 Å². The molecule has 0 saturated carbocycles. The van der Waals surface area contributed by atoms with Crippen LogP contribution in [0.15, 0.2) is 0 Å². The van der Waals surface area contributed by atoms with Crippen LogP contribution < -0.4 is 5.73 Å². The number of hydrogen-bond donors (Lipinski definition) is 1. The molecule has 1 rings (SSSR count). The van der Waals surface area contributed by atoms with Gasteiger partial charge in [-0.05, 0) is 38.8 Å². The van der Waals surface area contributed by atoms with Crippen LogP contribution >= 0.6 is 0 Å². The Hall–Kier alpha value is -0.120. The van der Waals surface area contributed by atoms with Gasteiger partial charge in [0.05, 0.1) is 6.10 Å². The summed E-state index contributed by atoms with van der Waals surface area (Å²) in [6.07, 6.45) is 7.54. The summed E-state index contributed by atoms with van der Waals surface area (Å²) in [7, 11) is 0. The van der Waals surface area contributed by atoms with Gasteiger partial charge in [-0.25, -0.2) is 0 Å². The third-order valence-corrected chi connectivity index (χ3v) is 4.35. The van der Waals surface area contributed by atoms with Crippen LogP contribution in [0.5, 0.6) is 0 Å². The van der Waals surface area contributed by atoms with E-state index < -0.39 is 0 Å². The highest BCUT2D eigenvalue weighted by Crippen LogP contribution is 2.32. The van der Waals surface area contributed by atoms with Crippen molar-refractivity contribution in [3.8, 4) is 0 Å². The molecule has 1 saturated heterocycles. The molecular formula is C15H32N2O. The molecule has 1 aliphatic rings. The minimum absolute atomic E-state index is 0.196. The van der Waals surface area contributed by atoms with Crippen molar-refractivity contribution in [2.24, 2.45) is 5.73 Å². The molecule has 0 spiro atoms. The van der Waals surface area contributed by atoms with Gasteiger partial charge in [-0.1, -0.05) is 33.6 Å². The first-order valence-corrected chi connectivity index (χ1v) is 7.79. The predicted octanol–water partition coefficient (Wildman–Crippen LogP) is 2.79. The molecule has 1 fully saturated rings. The Morgan fingerprint density at radius 1 is 1.28 bits per heavy atom. The molecular weight excluding hydrogens is 224 g/mol. The average molecular weight is 256 g/mol. The maximum Gasteiger partial charge on any atom is 0.0593 e. The van der Waals surface area contributed by atoms with E-state index in [2.05, 4.69) is 25.7 Å². The summed E-state index contributed by atoms with van der Waals surface area (Å²) in [5, 5.41) is 0. The maximum absolute atomic E-state index is 6.15. The third kappa shape index (κ3) is 3.94. The number of hydrogen-bond acceptors (Lipinski definition) is 3. The van der Waals surface area contributed by atoms with Crippen molar-refractivity contribution in [1.29, 1.82) is 0 Å². The summed E-state index contributed by atoms with van der Waals surface area (Å²) in [6.45, 7) is 10.7. The van der Waals surface area contributed by atoms with E-state index in [1.54, 1.807) is 0 Å². The lowest BCUT2D eigenvalue weighted by atomic mass is 9.83. The summed E-state index contributed by atoms with van der Waals surface area (Å²) < 4.78 is 5.89. The fourth-order valence-corrected chi connectivity index (χ4v) is 3.19. The van der Waals surface area contributed by atoms with E-state index in [0.717, 1.165) is 32.5 Å². The Balaban J connectivity index is 2.68. The van der Waals surface area contributed by atoms with Crippen molar-refractivity contribution in [3.63, 3.8) is 0 Å². The van der Waals surface area contributed by atoms with Gasteiger partial charge in [0.2, 0.25) is 0 Å². The number of rotatable bonds is 8. The van der Waals surface area contributed by atoms with E-state index in [1.807, 2.05) is 0 Å². The van der Waals surface area contributed by atoms with Crippen LogP contribution in [0.3, 0.4) is 0 Å². The summed E-state index contributed by atoms with van der Waals surface area (Å²) >= 11 is 0. The van der Waals surface area contributed by atoms with E-state index in [0.29, 0.717) is 6.10 Å². The SMILES string of the molecule is CCCCN(CC)C1(CN)CCOC(CCC)C1. The second kappa shape index (κ2) is 8.13. The summed E-state index contributed by atoms with van der Waals surface area (Å²) in [5.41, 5.74) is 6.34. The van der Waals surface area contributed by atoms with E-state index in [9.17, 15) is 0 Å². The van der Waals surface area contributed by atoms with Crippen molar-refractivity contribution in [1.82, 2.24) is 4.90 Å². The van der Waals surface area contributed by atoms with Crippen molar-refractivity contribution >= 4 is 0 Å². The van der Waals surface area contributed by atoms with Crippen molar-refractivity contribution in [3.05, 3.63) is 0 Å². The zero-order valence-corrected chi connectivity index (χ0v) is 12.6. The smallest absolute Gasteiger partial charge is 0.0593 e. The van der Waals surface area contributed by atoms with Gasteiger partial charge < -0.3 is 10.5 Å². The molecule has 18 heavy (non-hydrogen) atoms. The van der Waals surface area contributed by atoms with E-state index in [-0.39, 0.29) is 5.54 Å². The zero-order valence-electron chi connectivity index (χ0n) is 12.6. The monoisotopic (exact) mass is 256 g/mol. The van der Waals surface area contributed by atoms with E-state index in [1.165, 1.54) is 32.2 Å². The molecule has 0 bridgehead atoms. The molecule has 2 atom stereocenters. The maximum atomic E-state index is 6.15. The van der Waals surface area contributed by atoms with Crippen LogP contribution in [0, 0.1) is 0 Å². The molecule has 0 radical (unpaired) electrons. The highest BCUT2D eigenvalue weighted by atomic mass is 16.5. The normalized spacial score (nSPS) is 28.8. The molecule has 0 aromatic carbocycles. The second-order valence-electron chi connectivity index (χ2n) is 5.60. The van der Waals surface area contributed by atoms with Crippen molar-refractivity contribution < 1.29 is 4.74 Å². The molecule has 1 aliphatic heterocycles. The lowest BCUT2D eigenvalue weighted by molar-refractivity contribution is -0.0729. The Morgan fingerprint density at radius 2 is 2.06 bits per heavy atom. The number of nitrogens with two attached hydrogens (primary N) is 1. The molecule has 0 aliphatic carbocycles. The molecule has 2 unspecified atom stereocenters. The number of likely N-dealkylation sites (N-methyl/N-ethyl adjacent to an activating group) is 1. The number of nitrogens with zero attached hydrogens (tertiary/aromatic N) is 1. The fourth-order valence-electron chi connectivity index (χ4n) is 3.19. The number of ether oxygens (including phenoxy) is 1. The van der Waals surface area contributed by atoms with Gasteiger partial charge in [0.15, 0.2) is 0 Å². The van der Waals surface area contributed by atoms with Gasteiger partial charge in [0.25, 0.3) is 0 Å². The quantitative estimate of drug-likeness (QED) is 0.726. The van der Waals surface area contributed by atoms with Gasteiger partial charge in [-0.3, -0.25) is 4.90 Å². The molecule has 2 N–H and O–H groups in total. The van der Waals surface area contributed by atoms with Crippen molar-refractivity contribution in [2.45, 2.75) is 70.9 Å². The molecule has 1 heterocycles. The summed E-state index contributed by atoms with van der Waals surface area (Å²) in [4.78, 5) is 2.61. The highest BCUT2D eigenvalue weighted by molar-refractivity contribution is 4.96. The molecule has 0 aromatic rings.